The first-order valence-electron chi connectivity index (χ1n) is 8.65. The molecule has 0 saturated carbocycles. The minimum atomic E-state index is -1.07. The number of aliphatic hydroxyl groups is 1. The Labute approximate surface area is 155 Å². The summed E-state index contributed by atoms with van der Waals surface area (Å²) in [5, 5.41) is 21.9. The largest absolute Gasteiger partial charge is 0.380 e. The highest BCUT2D eigenvalue weighted by molar-refractivity contribution is 5.90. The molecule has 3 N–H and O–H groups in total. The van der Waals surface area contributed by atoms with Gasteiger partial charge in [-0.1, -0.05) is 31.2 Å². The third-order valence-electron chi connectivity index (χ3n) is 4.31. The summed E-state index contributed by atoms with van der Waals surface area (Å²) in [6, 6.07) is 15.1. The number of fused-ring (bicyclic) bond motifs is 1. The molecule has 2 aromatic carbocycles. The van der Waals surface area contributed by atoms with Crippen LogP contribution in [0.3, 0.4) is 0 Å². The number of nitrogens with zero attached hydrogens (tertiary/aromatic N) is 3. The highest BCUT2D eigenvalue weighted by atomic mass is 19.1. The number of aryl methyl sites for hydroxylation is 1. The zero-order valence-corrected chi connectivity index (χ0v) is 14.6. The number of rotatable bonds is 5. The van der Waals surface area contributed by atoms with Crippen molar-refractivity contribution in [1.82, 2.24) is 20.2 Å². The molecule has 27 heavy (non-hydrogen) atoms. The smallest absolute Gasteiger partial charge is 0.164 e. The molecule has 0 radical (unpaired) electrons. The molecular formula is C20H18FN5O. The van der Waals surface area contributed by atoms with E-state index in [1.807, 2.05) is 37.3 Å². The molecule has 0 fully saturated rings. The van der Waals surface area contributed by atoms with Crippen LogP contribution in [0.1, 0.15) is 30.1 Å². The van der Waals surface area contributed by atoms with Gasteiger partial charge in [0.25, 0.3) is 0 Å². The second kappa shape index (κ2) is 7.13. The number of benzene rings is 2. The molecule has 0 aliphatic carbocycles. The van der Waals surface area contributed by atoms with E-state index < -0.39 is 6.10 Å². The number of anilines is 2. The average molecular weight is 363 g/mol. The maximum atomic E-state index is 13.2. The van der Waals surface area contributed by atoms with Crippen molar-refractivity contribution >= 4 is 22.5 Å². The van der Waals surface area contributed by atoms with Crippen LogP contribution >= 0.6 is 0 Å². The fourth-order valence-corrected chi connectivity index (χ4v) is 2.83. The van der Waals surface area contributed by atoms with Crippen LogP contribution in [-0.4, -0.2) is 25.3 Å². The van der Waals surface area contributed by atoms with Crippen molar-refractivity contribution in [2.24, 2.45) is 0 Å². The van der Waals surface area contributed by atoms with Gasteiger partial charge in [-0.15, -0.1) is 0 Å². The zero-order valence-electron chi connectivity index (χ0n) is 14.6. The Morgan fingerprint density at radius 2 is 1.89 bits per heavy atom. The van der Waals surface area contributed by atoms with Crippen molar-refractivity contribution in [3.8, 4) is 0 Å². The Hall–Kier alpha value is -3.32. The number of hydrogen-bond acceptors (Lipinski definition) is 5. The normalized spacial score (nSPS) is 12.3. The van der Waals surface area contributed by atoms with Crippen LogP contribution < -0.4 is 5.32 Å². The van der Waals surface area contributed by atoms with E-state index in [0.717, 1.165) is 17.5 Å². The van der Waals surface area contributed by atoms with Crippen LogP contribution in [0.25, 0.3) is 10.9 Å². The lowest BCUT2D eigenvalue weighted by atomic mass is 10.1. The quantitative estimate of drug-likeness (QED) is 0.501. The fraction of sp³-hybridized carbons (Fsp3) is 0.150. The number of halogens is 1. The van der Waals surface area contributed by atoms with Gasteiger partial charge < -0.3 is 10.4 Å². The molecule has 2 aromatic heterocycles. The van der Waals surface area contributed by atoms with Gasteiger partial charge in [-0.2, -0.15) is 5.10 Å². The lowest BCUT2D eigenvalue weighted by Crippen LogP contribution is -2.08. The number of H-pyrrole nitrogens is 1. The van der Waals surface area contributed by atoms with E-state index in [4.69, 9.17) is 0 Å². The lowest BCUT2D eigenvalue weighted by molar-refractivity contribution is 0.210. The van der Waals surface area contributed by atoms with E-state index in [1.165, 1.54) is 24.3 Å². The van der Waals surface area contributed by atoms with Gasteiger partial charge in [0.1, 0.15) is 17.7 Å². The van der Waals surface area contributed by atoms with Crippen LogP contribution in [0.2, 0.25) is 0 Å². The molecular weight excluding hydrogens is 345 g/mol. The number of para-hydroxylation sites is 1. The van der Waals surface area contributed by atoms with Gasteiger partial charge in [-0.05, 0) is 36.2 Å². The van der Waals surface area contributed by atoms with Crippen LogP contribution in [0.5, 0.6) is 0 Å². The summed E-state index contributed by atoms with van der Waals surface area (Å²) in [6.45, 7) is 2.04. The molecule has 4 aromatic rings. The van der Waals surface area contributed by atoms with Gasteiger partial charge in [0.2, 0.25) is 0 Å². The molecule has 7 heteroatoms. The first-order chi connectivity index (χ1) is 13.1. The Morgan fingerprint density at radius 3 is 2.63 bits per heavy atom. The van der Waals surface area contributed by atoms with Crippen molar-refractivity contribution in [1.29, 1.82) is 0 Å². The van der Waals surface area contributed by atoms with Crippen LogP contribution in [0.15, 0.2) is 54.6 Å². The van der Waals surface area contributed by atoms with E-state index in [0.29, 0.717) is 22.7 Å². The summed E-state index contributed by atoms with van der Waals surface area (Å²) in [6.07, 6.45) is -0.227. The monoisotopic (exact) mass is 363 g/mol. The van der Waals surface area contributed by atoms with Crippen molar-refractivity contribution in [3.63, 3.8) is 0 Å². The summed E-state index contributed by atoms with van der Waals surface area (Å²) in [5.41, 5.74) is 2.21. The first-order valence-corrected chi connectivity index (χ1v) is 8.65. The third-order valence-corrected chi connectivity index (χ3v) is 4.31. The predicted molar refractivity (Wildman–Crippen MR) is 101 cm³/mol. The van der Waals surface area contributed by atoms with E-state index in [1.54, 1.807) is 0 Å². The molecule has 1 atom stereocenters. The fourth-order valence-electron chi connectivity index (χ4n) is 2.83. The van der Waals surface area contributed by atoms with Crippen molar-refractivity contribution in [3.05, 3.63) is 77.5 Å². The van der Waals surface area contributed by atoms with Crippen molar-refractivity contribution in [2.45, 2.75) is 19.4 Å². The number of aliphatic hydroxyl groups excluding tert-OH is 1. The maximum Gasteiger partial charge on any atom is 0.164 e. The van der Waals surface area contributed by atoms with Crippen LogP contribution in [-0.2, 0) is 6.42 Å². The molecule has 0 spiro atoms. The van der Waals surface area contributed by atoms with Crippen molar-refractivity contribution in [2.75, 3.05) is 5.32 Å². The molecule has 0 saturated heterocycles. The summed E-state index contributed by atoms with van der Waals surface area (Å²) in [4.78, 5) is 8.98. The van der Waals surface area contributed by atoms with Crippen LogP contribution in [0, 0.1) is 5.82 Å². The number of hydrogen-bond donors (Lipinski definition) is 3. The molecule has 0 bridgehead atoms. The Kier molecular flexibility index (Phi) is 4.52. The minimum Gasteiger partial charge on any atom is -0.380 e. The molecule has 0 unspecified atom stereocenters. The maximum absolute atomic E-state index is 13.2. The molecule has 4 rings (SSSR count). The van der Waals surface area contributed by atoms with E-state index >= 15 is 0 Å². The highest BCUT2D eigenvalue weighted by Crippen LogP contribution is 2.27. The number of aromatic nitrogens is 4. The Bertz CT molecular complexity index is 1080. The minimum absolute atomic E-state index is 0.231. The molecule has 0 aliphatic rings. The summed E-state index contributed by atoms with van der Waals surface area (Å²) in [7, 11) is 0. The average Bonchev–Trinajstić information content (AvgIpc) is 3.15. The standard InChI is InChI=1S/C20H18FN5O/c1-2-14-11-17(26-25-14)23-19-15-5-3-4-6-16(15)22-20(24-19)18(27)12-7-9-13(21)10-8-12/h3-11,18,27H,2H2,1H3,(H2,22,23,24,25,26)/t18-/m0/s1. The van der Waals surface area contributed by atoms with Crippen molar-refractivity contribution < 1.29 is 9.50 Å². The Balaban J connectivity index is 1.76. The molecule has 0 aliphatic heterocycles. The third kappa shape index (κ3) is 3.50. The summed E-state index contributed by atoms with van der Waals surface area (Å²) in [5.74, 6) is 1.05. The van der Waals surface area contributed by atoms with E-state index in [2.05, 4.69) is 25.5 Å². The van der Waals surface area contributed by atoms with Gasteiger partial charge in [-0.25, -0.2) is 14.4 Å². The summed E-state index contributed by atoms with van der Waals surface area (Å²) < 4.78 is 13.2. The van der Waals surface area contributed by atoms with E-state index in [9.17, 15) is 9.50 Å². The number of nitrogens with one attached hydrogen (secondary N) is 2. The summed E-state index contributed by atoms with van der Waals surface area (Å²) >= 11 is 0. The van der Waals surface area contributed by atoms with Gasteiger partial charge in [0.15, 0.2) is 11.6 Å². The SMILES string of the molecule is CCc1cc(Nc2nc([C@@H](O)c3ccc(F)cc3)nc3ccccc23)n[nH]1. The molecule has 6 nitrogen and oxygen atoms in total. The molecule has 0 amide bonds. The van der Waals surface area contributed by atoms with E-state index in [-0.39, 0.29) is 11.6 Å². The zero-order chi connectivity index (χ0) is 18.8. The highest BCUT2D eigenvalue weighted by Gasteiger charge is 2.17. The molecule has 2 heterocycles. The molecule has 136 valence electrons. The lowest BCUT2D eigenvalue weighted by Gasteiger charge is -2.13. The topological polar surface area (TPSA) is 86.7 Å². The first kappa shape index (κ1) is 17.1. The second-order valence-electron chi connectivity index (χ2n) is 6.16. The Morgan fingerprint density at radius 1 is 1.11 bits per heavy atom. The predicted octanol–water partition coefficient (Wildman–Crippen LogP) is 3.88. The van der Waals surface area contributed by atoms with Gasteiger partial charge >= 0.3 is 0 Å². The van der Waals surface area contributed by atoms with Gasteiger partial charge in [0.05, 0.1) is 5.52 Å². The van der Waals surface area contributed by atoms with Crippen LogP contribution in [0.4, 0.5) is 16.0 Å². The number of aromatic amines is 1. The second-order valence-corrected chi connectivity index (χ2v) is 6.16. The van der Waals surface area contributed by atoms with Gasteiger partial charge in [0, 0.05) is 17.1 Å². The van der Waals surface area contributed by atoms with Gasteiger partial charge in [-0.3, -0.25) is 5.10 Å².